The molecule has 2 fully saturated rings. The Morgan fingerprint density at radius 1 is 1.15 bits per heavy atom. The van der Waals surface area contributed by atoms with Gasteiger partial charge in [0.2, 0.25) is 5.91 Å². The maximum absolute atomic E-state index is 13.4. The van der Waals surface area contributed by atoms with Gasteiger partial charge in [-0.05, 0) is 42.7 Å². The van der Waals surface area contributed by atoms with Gasteiger partial charge in [0, 0.05) is 37.1 Å². The first-order chi connectivity index (χ1) is 16.6. The number of rotatable bonds is 8. The number of pyridine rings is 1. The smallest absolute Gasteiger partial charge is 0.254 e. The van der Waals surface area contributed by atoms with Crippen molar-refractivity contribution in [3.63, 3.8) is 0 Å². The fraction of sp³-hybridized carbons (Fsp3) is 0.444. The second-order valence-corrected chi connectivity index (χ2v) is 8.95. The van der Waals surface area contributed by atoms with Crippen LogP contribution < -0.4 is 4.74 Å². The van der Waals surface area contributed by atoms with Gasteiger partial charge in [0.25, 0.3) is 5.91 Å². The van der Waals surface area contributed by atoms with Crippen LogP contribution in [0.5, 0.6) is 5.75 Å². The number of aromatic nitrogens is 1. The van der Waals surface area contributed by atoms with Crippen LogP contribution in [-0.4, -0.2) is 65.0 Å². The third-order valence-electron chi connectivity index (χ3n) is 6.43. The Bertz CT molecular complexity index is 975. The van der Waals surface area contributed by atoms with Gasteiger partial charge in [0.1, 0.15) is 18.9 Å². The number of carbonyl (C=O) groups is 2. The number of amides is 2. The van der Waals surface area contributed by atoms with Gasteiger partial charge in [-0.1, -0.05) is 44.1 Å². The standard InChI is InChI=1S/C27H33N3O4/c1-2-14-33-24-12-6-9-22(15-24)27(32)29-17-25(34-20-21-8-7-13-28-16-21)18-30(26(31)19-29)23-10-4-3-5-11-23/h2,6-9,12-13,15-16,23,25H,1,3-5,10-11,14,17-20H2/t25-/m1/s1. The highest BCUT2D eigenvalue weighted by Gasteiger charge is 2.35. The van der Waals surface area contributed by atoms with Gasteiger partial charge in [-0.15, -0.1) is 0 Å². The highest BCUT2D eigenvalue weighted by Crippen LogP contribution is 2.25. The summed E-state index contributed by atoms with van der Waals surface area (Å²) in [6.07, 6.45) is 10.4. The van der Waals surface area contributed by atoms with E-state index in [4.69, 9.17) is 9.47 Å². The van der Waals surface area contributed by atoms with E-state index in [1.54, 1.807) is 47.6 Å². The first-order valence-electron chi connectivity index (χ1n) is 12.1. The van der Waals surface area contributed by atoms with Crippen molar-refractivity contribution in [2.75, 3.05) is 26.2 Å². The third-order valence-corrected chi connectivity index (χ3v) is 6.43. The molecule has 2 amide bonds. The quantitative estimate of drug-likeness (QED) is 0.556. The van der Waals surface area contributed by atoms with E-state index in [9.17, 15) is 9.59 Å². The lowest BCUT2D eigenvalue weighted by atomic mass is 9.94. The number of benzene rings is 1. The Morgan fingerprint density at radius 3 is 2.76 bits per heavy atom. The lowest BCUT2D eigenvalue weighted by Gasteiger charge is -2.34. The summed E-state index contributed by atoms with van der Waals surface area (Å²) in [4.78, 5) is 34.5. The van der Waals surface area contributed by atoms with Crippen molar-refractivity contribution in [1.29, 1.82) is 0 Å². The summed E-state index contributed by atoms with van der Waals surface area (Å²) in [7, 11) is 0. The number of ether oxygens (including phenoxy) is 2. The fourth-order valence-electron chi connectivity index (χ4n) is 4.70. The van der Waals surface area contributed by atoms with Crippen molar-refractivity contribution in [3.05, 3.63) is 72.6 Å². The summed E-state index contributed by atoms with van der Waals surface area (Å²) < 4.78 is 11.8. The van der Waals surface area contributed by atoms with E-state index in [2.05, 4.69) is 11.6 Å². The zero-order valence-corrected chi connectivity index (χ0v) is 19.6. The van der Waals surface area contributed by atoms with Gasteiger partial charge < -0.3 is 19.3 Å². The topological polar surface area (TPSA) is 72.0 Å². The molecular weight excluding hydrogens is 430 g/mol. The third kappa shape index (κ3) is 6.23. The molecule has 1 saturated heterocycles. The van der Waals surface area contributed by atoms with Gasteiger partial charge in [-0.3, -0.25) is 14.6 Å². The van der Waals surface area contributed by atoms with Crippen molar-refractivity contribution in [2.45, 2.75) is 50.9 Å². The predicted octanol–water partition coefficient (Wildman–Crippen LogP) is 3.85. The predicted molar refractivity (Wildman–Crippen MR) is 129 cm³/mol. The van der Waals surface area contributed by atoms with Gasteiger partial charge >= 0.3 is 0 Å². The SMILES string of the molecule is C=CCOc1cccc(C(=O)N2CC(=O)N(C3CCCCC3)C[C@H](OCc3cccnc3)C2)c1. The summed E-state index contributed by atoms with van der Waals surface area (Å²) in [5.41, 5.74) is 1.46. The van der Waals surface area contributed by atoms with E-state index in [-0.39, 0.29) is 30.5 Å². The van der Waals surface area contributed by atoms with Crippen LogP contribution in [0.15, 0.2) is 61.4 Å². The largest absolute Gasteiger partial charge is 0.490 e. The molecule has 0 bridgehead atoms. The molecule has 2 aliphatic rings. The van der Waals surface area contributed by atoms with Crippen LogP contribution in [-0.2, 0) is 16.1 Å². The highest BCUT2D eigenvalue weighted by molar-refractivity contribution is 5.97. The van der Waals surface area contributed by atoms with Crippen LogP contribution in [0.1, 0.15) is 48.0 Å². The molecule has 7 heteroatoms. The molecule has 180 valence electrons. The average Bonchev–Trinajstić information content (AvgIpc) is 3.05. The summed E-state index contributed by atoms with van der Waals surface area (Å²) in [5.74, 6) is 0.393. The molecule has 1 atom stereocenters. The van der Waals surface area contributed by atoms with Crippen LogP contribution >= 0.6 is 0 Å². The molecule has 7 nitrogen and oxygen atoms in total. The van der Waals surface area contributed by atoms with Crippen molar-refractivity contribution in [3.8, 4) is 5.75 Å². The molecule has 4 rings (SSSR count). The number of carbonyl (C=O) groups excluding carboxylic acids is 2. The van der Waals surface area contributed by atoms with Gasteiger partial charge in [0.05, 0.1) is 12.7 Å². The Hall–Kier alpha value is -3.19. The minimum Gasteiger partial charge on any atom is -0.490 e. The van der Waals surface area contributed by atoms with Crippen LogP contribution in [0.2, 0.25) is 0 Å². The zero-order valence-electron chi connectivity index (χ0n) is 19.6. The molecule has 2 heterocycles. The average molecular weight is 464 g/mol. The Labute approximate surface area is 201 Å². The molecular formula is C27H33N3O4. The first-order valence-corrected chi connectivity index (χ1v) is 12.1. The van der Waals surface area contributed by atoms with E-state index < -0.39 is 0 Å². The molecule has 0 N–H and O–H groups in total. The van der Waals surface area contributed by atoms with E-state index in [0.29, 0.717) is 37.6 Å². The van der Waals surface area contributed by atoms with E-state index in [0.717, 1.165) is 31.2 Å². The van der Waals surface area contributed by atoms with Gasteiger partial charge in [0.15, 0.2) is 0 Å². The molecule has 0 unspecified atom stereocenters. The van der Waals surface area contributed by atoms with Gasteiger partial charge in [-0.25, -0.2) is 0 Å². The molecule has 1 aliphatic carbocycles. The monoisotopic (exact) mass is 463 g/mol. The summed E-state index contributed by atoms with van der Waals surface area (Å²) in [6, 6.07) is 11.1. The molecule has 1 aromatic carbocycles. The molecule has 0 radical (unpaired) electrons. The van der Waals surface area contributed by atoms with E-state index in [1.807, 2.05) is 17.0 Å². The van der Waals surface area contributed by atoms with Crippen molar-refractivity contribution < 1.29 is 19.1 Å². The van der Waals surface area contributed by atoms with Crippen LogP contribution in [0.3, 0.4) is 0 Å². The maximum Gasteiger partial charge on any atom is 0.254 e. The minimum absolute atomic E-state index is 0.00760. The molecule has 0 spiro atoms. The minimum atomic E-state index is -0.280. The Morgan fingerprint density at radius 2 is 2.00 bits per heavy atom. The lowest BCUT2D eigenvalue weighted by molar-refractivity contribution is -0.134. The summed E-state index contributed by atoms with van der Waals surface area (Å²) in [5, 5.41) is 0. The molecule has 2 aromatic rings. The molecule has 1 aliphatic heterocycles. The maximum atomic E-state index is 13.4. The van der Waals surface area contributed by atoms with E-state index >= 15 is 0 Å². The molecule has 1 aromatic heterocycles. The lowest BCUT2D eigenvalue weighted by Crippen LogP contribution is -2.46. The van der Waals surface area contributed by atoms with Crippen molar-refractivity contribution in [1.82, 2.24) is 14.8 Å². The van der Waals surface area contributed by atoms with Crippen LogP contribution in [0, 0.1) is 0 Å². The molecule has 34 heavy (non-hydrogen) atoms. The number of hydrogen-bond donors (Lipinski definition) is 0. The fourth-order valence-corrected chi connectivity index (χ4v) is 4.70. The second-order valence-electron chi connectivity index (χ2n) is 8.95. The van der Waals surface area contributed by atoms with Gasteiger partial charge in [-0.2, -0.15) is 0 Å². The summed E-state index contributed by atoms with van der Waals surface area (Å²) in [6.45, 7) is 5.31. The van der Waals surface area contributed by atoms with Crippen LogP contribution in [0.25, 0.3) is 0 Å². The highest BCUT2D eigenvalue weighted by atomic mass is 16.5. The van der Waals surface area contributed by atoms with Crippen molar-refractivity contribution >= 4 is 11.8 Å². The van der Waals surface area contributed by atoms with Crippen LogP contribution in [0.4, 0.5) is 0 Å². The molecule has 1 saturated carbocycles. The van der Waals surface area contributed by atoms with E-state index in [1.165, 1.54) is 6.42 Å². The Kier molecular flexibility index (Phi) is 8.31. The number of hydrogen-bond acceptors (Lipinski definition) is 5. The Balaban J connectivity index is 1.52. The number of nitrogens with zero attached hydrogens (tertiary/aromatic N) is 3. The zero-order chi connectivity index (χ0) is 23.8. The van der Waals surface area contributed by atoms with Crippen molar-refractivity contribution in [2.24, 2.45) is 0 Å². The normalized spacial score (nSPS) is 19.5. The first kappa shape index (κ1) is 24.0. The second kappa shape index (κ2) is 11.8. The summed E-state index contributed by atoms with van der Waals surface area (Å²) >= 11 is 0.